The molecule has 0 aliphatic rings. The summed E-state index contributed by atoms with van der Waals surface area (Å²) >= 11 is 0. The van der Waals surface area contributed by atoms with Crippen molar-refractivity contribution in [1.29, 1.82) is 0 Å². The zero-order chi connectivity index (χ0) is 9.23. The molecule has 5 nitrogen and oxygen atoms in total. The molecule has 0 saturated carbocycles. The van der Waals surface area contributed by atoms with Gasteiger partial charge in [0.2, 0.25) is 0 Å². The van der Waals surface area contributed by atoms with Crippen LogP contribution in [0.1, 0.15) is 0 Å². The lowest BCUT2D eigenvalue weighted by atomic mass is 10.7. The van der Waals surface area contributed by atoms with Crippen LogP contribution in [0, 0.1) is 0 Å². The summed E-state index contributed by atoms with van der Waals surface area (Å²) < 4.78 is 14.2. The minimum absolute atomic E-state index is 0. The Kier molecular flexibility index (Phi) is 13.5. The van der Waals surface area contributed by atoms with Crippen molar-refractivity contribution in [2.75, 3.05) is 40.1 Å². The van der Waals surface area contributed by atoms with Crippen molar-refractivity contribution >= 4 is 18.4 Å². The van der Waals surface area contributed by atoms with Gasteiger partial charge in [-0.05, 0) is 0 Å². The molecule has 0 radical (unpaired) electrons. The summed E-state index contributed by atoms with van der Waals surface area (Å²) in [5, 5.41) is 0. The molecule has 0 aromatic carbocycles. The normalized spacial score (nSPS) is 9.08. The Bertz CT molecular complexity index is 123. The Balaban J connectivity index is 0. The second kappa shape index (κ2) is 11.6. The second-order valence-corrected chi connectivity index (χ2v) is 2.03. The SMILES string of the molecule is COC(=O)COCCOCCN.Cl. The highest BCUT2D eigenvalue weighted by molar-refractivity contribution is 5.85. The monoisotopic (exact) mass is 213 g/mol. The molecule has 0 aromatic heterocycles. The Morgan fingerprint density at radius 1 is 1.23 bits per heavy atom. The Hall–Kier alpha value is -0.360. The van der Waals surface area contributed by atoms with E-state index in [0.717, 1.165) is 0 Å². The topological polar surface area (TPSA) is 70.8 Å². The van der Waals surface area contributed by atoms with Crippen LogP contribution in [0.5, 0.6) is 0 Å². The molecule has 0 aliphatic carbocycles. The van der Waals surface area contributed by atoms with E-state index < -0.39 is 0 Å². The summed E-state index contributed by atoms with van der Waals surface area (Å²) in [6.45, 7) is 1.82. The molecule has 0 amide bonds. The minimum atomic E-state index is -0.381. The summed E-state index contributed by atoms with van der Waals surface area (Å²) in [7, 11) is 1.32. The predicted octanol–water partition coefficient (Wildman–Crippen LogP) is -0.427. The summed E-state index contributed by atoms with van der Waals surface area (Å²) in [6.07, 6.45) is 0. The fourth-order valence-electron chi connectivity index (χ4n) is 0.518. The highest BCUT2D eigenvalue weighted by atomic mass is 35.5. The first-order chi connectivity index (χ1) is 5.81. The molecule has 0 bridgehead atoms. The molecule has 80 valence electrons. The zero-order valence-electron chi connectivity index (χ0n) is 7.65. The van der Waals surface area contributed by atoms with Gasteiger partial charge in [-0.25, -0.2) is 4.79 Å². The number of nitrogens with two attached hydrogens (primary N) is 1. The van der Waals surface area contributed by atoms with Gasteiger partial charge in [-0.15, -0.1) is 12.4 Å². The van der Waals surface area contributed by atoms with Crippen LogP contribution in [0.4, 0.5) is 0 Å². The maximum atomic E-state index is 10.5. The highest BCUT2D eigenvalue weighted by Gasteiger charge is 1.98. The van der Waals surface area contributed by atoms with Gasteiger partial charge >= 0.3 is 5.97 Å². The van der Waals surface area contributed by atoms with Gasteiger partial charge in [-0.3, -0.25) is 0 Å². The van der Waals surface area contributed by atoms with Gasteiger partial charge in [0.25, 0.3) is 0 Å². The lowest BCUT2D eigenvalue weighted by molar-refractivity contribution is -0.146. The molecule has 6 heteroatoms. The molecule has 0 aliphatic heterocycles. The van der Waals surface area contributed by atoms with Gasteiger partial charge in [0.15, 0.2) is 0 Å². The molecule has 0 unspecified atom stereocenters. The molecule has 0 rings (SSSR count). The molecule has 0 atom stereocenters. The highest BCUT2D eigenvalue weighted by Crippen LogP contribution is 1.80. The molecule has 0 aromatic rings. The van der Waals surface area contributed by atoms with Crippen LogP contribution < -0.4 is 5.73 Å². The van der Waals surface area contributed by atoms with Crippen molar-refractivity contribution in [1.82, 2.24) is 0 Å². The molecule has 0 fully saturated rings. The van der Waals surface area contributed by atoms with E-state index in [1.54, 1.807) is 0 Å². The first-order valence-electron chi connectivity index (χ1n) is 3.73. The van der Waals surface area contributed by atoms with Gasteiger partial charge in [-0.1, -0.05) is 0 Å². The number of methoxy groups -OCH3 is 1. The van der Waals surface area contributed by atoms with Crippen molar-refractivity contribution < 1.29 is 19.0 Å². The van der Waals surface area contributed by atoms with Crippen molar-refractivity contribution in [3.05, 3.63) is 0 Å². The predicted molar refractivity (Wildman–Crippen MR) is 50.0 cm³/mol. The Morgan fingerprint density at radius 2 is 1.85 bits per heavy atom. The van der Waals surface area contributed by atoms with Crippen molar-refractivity contribution in [3.8, 4) is 0 Å². The number of halogens is 1. The van der Waals surface area contributed by atoms with Crippen LogP contribution in [-0.4, -0.2) is 46.1 Å². The number of carbonyl (C=O) groups is 1. The molecule has 0 heterocycles. The third-order valence-corrected chi connectivity index (χ3v) is 1.08. The average Bonchev–Trinajstić information content (AvgIpc) is 2.10. The van der Waals surface area contributed by atoms with Crippen LogP contribution in [0.15, 0.2) is 0 Å². The van der Waals surface area contributed by atoms with E-state index in [0.29, 0.717) is 26.4 Å². The third-order valence-electron chi connectivity index (χ3n) is 1.08. The van der Waals surface area contributed by atoms with Crippen molar-refractivity contribution in [2.24, 2.45) is 5.73 Å². The largest absolute Gasteiger partial charge is 0.467 e. The molecule has 0 spiro atoms. The number of hydrogen-bond acceptors (Lipinski definition) is 5. The number of esters is 1. The maximum Gasteiger partial charge on any atom is 0.331 e. The van der Waals surface area contributed by atoms with E-state index >= 15 is 0 Å². The van der Waals surface area contributed by atoms with Crippen LogP contribution in [0.2, 0.25) is 0 Å². The molecule has 13 heavy (non-hydrogen) atoms. The molecule has 0 saturated heterocycles. The quantitative estimate of drug-likeness (QED) is 0.459. The van der Waals surface area contributed by atoms with E-state index in [4.69, 9.17) is 15.2 Å². The minimum Gasteiger partial charge on any atom is -0.467 e. The summed E-state index contributed by atoms with van der Waals surface area (Å²) in [4.78, 5) is 10.5. The van der Waals surface area contributed by atoms with Crippen LogP contribution >= 0.6 is 12.4 Å². The van der Waals surface area contributed by atoms with E-state index in [2.05, 4.69) is 4.74 Å². The molecule has 2 N–H and O–H groups in total. The fraction of sp³-hybridized carbons (Fsp3) is 0.857. The fourth-order valence-corrected chi connectivity index (χ4v) is 0.518. The summed E-state index contributed by atoms with van der Waals surface area (Å²) in [5.74, 6) is -0.381. The van der Waals surface area contributed by atoms with E-state index in [1.807, 2.05) is 0 Å². The maximum absolute atomic E-state index is 10.5. The van der Waals surface area contributed by atoms with Gasteiger partial charge in [0.05, 0.1) is 26.9 Å². The number of hydrogen-bond donors (Lipinski definition) is 1. The standard InChI is InChI=1S/C7H15NO4.ClH/c1-10-7(9)6-12-5-4-11-3-2-8;/h2-6,8H2,1H3;1H. The van der Waals surface area contributed by atoms with E-state index in [-0.39, 0.29) is 25.0 Å². The lowest BCUT2D eigenvalue weighted by Crippen LogP contribution is -2.15. The second-order valence-electron chi connectivity index (χ2n) is 2.03. The number of rotatable bonds is 7. The zero-order valence-corrected chi connectivity index (χ0v) is 8.47. The Labute approximate surface area is 83.9 Å². The van der Waals surface area contributed by atoms with Crippen LogP contribution in [-0.2, 0) is 19.0 Å². The first kappa shape index (κ1) is 15.1. The smallest absolute Gasteiger partial charge is 0.331 e. The summed E-state index contributed by atoms with van der Waals surface area (Å²) in [5.41, 5.74) is 5.17. The molecular weight excluding hydrogens is 198 g/mol. The van der Waals surface area contributed by atoms with Gasteiger partial charge in [0, 0.05) is 6.54 Å². The Morgan fingerprint density at radius 3 is 2.38 bits per heavy atom. The number of ether oxygens (including phenoxy) is 3. The first-order valence-corrected chi connectivity index (χ1v) is 3.73. The van der Waals surface area contributed by atoms with Gasteiger partial charge < -0.3 is 19.9 Å². The third kappa shape index (κ3) is 11.6. The summed E-state index contributed by atoms with van der Waals surface area (Å²) in [6, 6.07) is 0. The molecular formula is C7H16ClNO4. The van der Waals surface area contributed by atoms with Crippen molar-refractivity contribution in [2.45, 2.75) is 0 Å². The number of carbonyl (C=O) groups excluding carboxylic acids is 1. The van der Waals surface area contributed by atoms with Crippen molar-refractivity contribution in [3.63, 3.8) is 0 Å². The van der Waals surface area contributed by atoms with Gasteiger partial charge in [-0.2, -0.15) is 0 Å². The average molecular weight is 214 g/mol. The van der Waals surface area contributed by atoms with Crippen LogP contribution in [0.3, 0.4) is 0 Å². The van der Waals surface area contributed by atoms with Gasteiger partial charge in [0.1, 0.15) is 6.61 Å². The lowest BCUT2D eigenvalue weighted by Gasteiger charge is -2.03. The van der Waals surface area contributed by atoms with Crippen LogP contribution in [0.25, 0.3) is 0 Å². The van der Waals surface area contributed by atoms with E-state index in [9.17, 15) is 4.79 Å². The van der Waals surface area contributed by atoms with E-state index in [1.165, 1.54) is 7.11 Å².